The van der Waals surface area contributed by atoms with Gasteiger partial charge in [0.05, 0.1) is 31.0 Å². The number of rotatable bonds is 7. The van der Waals surface area contributed by atoms with Crippen molar-refractivity contribution in [3.05, 3.63) is 42.4 Å². The van der Waals surface area contributed by atoms with Crippen molar-refractivity contribution in [2.45, 2.75) is 51.9 Å². The highest BCUT2D eigenvalue weighted by molar-refractivity contribution is 5.77. The fourth-order valence-corrected chi connectivity index (χ4v) is 4.20. The van der Waals surface area contributed by atoms with Gasteiger partial charge in [0.1, 0.15) is 5.75 Å². The van der Waals surface area contributed by atoms with E-state index in [4.69, 9.17) is 14.5 Å². The molecule has 2 aliphatic rings. The van der Waals surface area contributed by atoms with Crippen molar-refractivity contribution in [1.29, 1.82) is 0 Å². The number of aromatic nitrogens is 2. The number of hydrogen-bond donors (Lipinski definition) is 0. The third kappa shape index (κ3) is 4.95. The number of hydrogen-bond acceptors (Lipinski definition) is 5. The van der Waals surface area contributed by atoms with E-state index in [9.17, 15) is 4.79 Å². The van der Waals surface area contributed by atoms with Gasteiger partial charge in [-0.1, -0.05) is 25.8 Å². The van der Waals surface area contributed by atoms with Crippen molar-refractivity contribution < 1.29 is 14.3 Å². The molecule has 4 rings (SSSR count). The molecule has 2 aliphatic carbocycles. The number of esters is 1. The second-order valence-electron chi connectivity index (χ2n) is 8.49. The minimum absolute atomic E-state index is 0.0521. The summed E-state index contributed by atoms with van der Waals surface area (Å²) in [5, 5.41) is 0. The molecule has 0 bridgehead atoms. The molecule has 2 aromatic heterocycles. The van der Waals surface area contributed by atoms with Gasteiger partial charge in [-0.15, -0.1) is 0 Å². The van der Waals surface area contributed by atoms with Crippen LogP contribution in [0.3, 0.4) is 0 Å². The van der Waals surface area contributed by atoms with Crippen LogP contribution in [0.2, 0.25) is 0 Å². The lowest BCUT2D eigenvalue weighted by Crippen LogP contribution is -2.18. The lowest BCUT2D eigenvalue weighted by atomic mass is 9.83. The molecule has 0 aromatic carbocycles. The Morgan fingerprint density at radius 2 is 2.00 bits per heavy atom. The van der Waals surface area contributed by atoms with E-state index >= 15 is 0 Å². The highest BCUT2D eigenvalue weighted by Crippen LogP contribution is 2.47. The van der Waals surface area contributed by atoms with Crippen LogP contribution < -0.4 is 4.74 Å². The van der Waals surface area contributed by atoms with Crippen LogP contribution >= 0.6 is 0 Å². The summed E-state index contributed by atoms with van der Waals surface area (Å²) in [7, 11) is 0. The molecule has 2 fully saturated rings. The smallest absolute Gasteiger partial charge is 0.309 e. The summed E-state index contributed by atoms with van der Waals surface area (Å²) < 4.78 is 11.2. The number of carbonyl (C=O) groups excluding carboxylic acids is 1. The van der Waals surface area contributed by atoms with Gasteiger partial charge in [-0.3, -0.25) is 14.8 Å². The normalized spacial score (nSPS) is 26.0. The van der Waals surface area contributed by atoms with Crippen molar-refractivity contribution in [1.82, 2.24) is 9.97 Å². The van der Waals surface area contributed by atoms with Crippen LogP contribution in [0.1, 0.15) is 57.6 Å². The standard InChI is InChI=1S/C24H30N2O3/c1-3-28-24(27)21-12-20(21)23-6-4-5-22(26-23)18-11-19(14-25-13-18)29-15-17-9-7-16(2)8-10-17/h4-6,11,13-14,16-17,20-21H,3,7-10,12,15H2,1-2H3/t16-,17-,20-,21-/m0/s1. The van der Waals surface area contributed by atoms with Crippen molar-refractivity contribution in [3.8, 4) is 17.0 Å². The van der Waals surface area contributed by atoms with Crippen molar-refractivity contribution in [2.24, 2.45) is 17.8 Å². The third-order valence-electron chi connectivity index (χ3n) is 6.16. The molecule has 0 aliphatic heterocycles. The molecule has 154 valence electrons. The summed E-state index contributed by atoms with van der Waals surface area (Å²) in [4.78, 5) is 21.1. The number of carbonyl (C=O) groups is 1. The number of ether oxygens (including phenoxy) is 2. The van der Waals surface area contributed by atoms with E-state index in [0.29, 0.717) is 12.5 Å². The van der Waals surface area contributed by atoms with Crippen molar-refractivity contribution in [2.75, 3.05) is 13.2 Å². The van der Waals surface area contributed by atoms with E-state index in [1.54, 1.807) is 6.20 Å². The summed E-state index contributed by atoms with van der Waals surface area (Å²) in [6, 6.07) is 7.98. The molecule has 2 saturated carbocycles. The SMILES string of the molecule is CCOC(=O)[C@H]1C[C@@H]1c1cccc(-c2cncc(OC[C@H]3CC[C@H](C)CC3)c2)n1. The molecule has 2 heterocycles. The Balaban J connectivity index is 1.40. The van der Waals surface area contributed by atoms with E-state index < -0.39 is 0 Å². The van der Waals surface area contributed by atoms with Crippen LogP contribution in [-0.4, -0.2) is 29.2 Å². The monoisotopic (exact) mass is 394 g/mol. The van der Waals surface area contributed by atoms with Crippen LogP contribution in [0.4, 0.5) is 0 Å². The Kier molecular flexibility index (Phi) is 6.12. The van der Waals surface area contributed by atoms with E-state index in [-0.39, 0.29) is 17.8 Å². The number of pyridine rings is 2. The van der Waals surface area contributed by atoms with Gasteiger partial charge in [-0.05, 0) is 56.2 Å². The van der Waals surface area contributed by atoms with Gasteiger partial charge < -0.3 is 9.47 Å². The van der Waals surface area contributed by atoms with Gasteiger partial charge >= 0.3 is 5.97 Å². The molecule has 0 amide bonds. The second-order valence-corrected chi connectivity index (χ2v) is 8.49. The first-order valence-electron chi connectivity index (χ1n) is 10.9. The van der Waals surface area contributed by atoms with Crippen molar-refractivity contribution >= 4 is 5.97 Å². The minimum atomic E-state index is -0.112. The maximum absolute atomic E-state index is 11.9. The van der Waals surface area contributed by atoms with Crippen LogP contribution in [0, 0.1) is 17.8 Å². The summed E-state index contributed by atoms with van der Waals surface area (Å²) >= 11 is 0. The highest BCUT2D eigenvalue weighted by Gasteiger charge is 2.46. The van der Waals surface area contributed by atoms with E-state index in [2.05, 4.69) is 11.9 Å². The third-order valence-corrected chi connectivity index (χ3v) is 6.16. The molecule has 0 unspecified atom stereocenters. The molecule has 0 spiro atoms. The zero-order chi connectivity index (χ0) is 20.2. The van der Waals surface area contributed by atoms with Crippen LogP contribution in [0.15, 0.2) is 36.7 Å². The average Bonchev–Trinajstić information content (AvgIpc) is 3.55. The first-order valence-corrected chi connectivity index (χ1v) is 10.9. The first kappa shape index (κ1) is 19.9. The fraction of sp³-hybridized carbons (Fsp3) is 0.542. The second kappa shape index (κ2) is 8.93. The van der Waals surface area contributed by atoms with E-state index in [1.165, 1.54) is 25.7 Å². The molecule has 2 atom stereocenters. The van der Waals surface area contributed by atoms with Crippen LogP contribution in [0.25, 0.3) is 11.3 Å². The Labute approximate surface area is 172 Å². The summed E-state index contributed by atoms with van der Waals surface area (Å²) in [6.07, 6.45) is 9.51. The number of nitrogens with zero attached hydrogens (tertiary/aromatic N) is 2. The molecule has 0 radical (unpaired) electrons. The van der Waals surface area contributed by atoms with Gasteiger partial charge in [0.15, 0.2) is 0 Å². The maximum Gasteiger partial charge on any atom is 0.309 e. The van der Waals surface area contributed by atoms with Gasteiger partial charge in [0.25, 0.3) is 0 Å². The first-order chi connectivity index (χ1) is 14.1. The highest BCUT2D eigenvalue weighted by atomic mass is 16.5. The molecule has 0 saturated heterocycles. The minimum Gasteiger partial charge on any atom is -0.492 e. The lowest BCUT2D eigenvalue weighted by molar-refractivity contribution is -0.144. The average molecular weight is 395 g/mol. The van der Waals surface area contributed by atoms with Gasteiger partial charge in [-0.2, -0.15) is 0 Å². The Morgan fingerprint density at radius 1 is 1.17 bits per heavy atom. The Hall–Kier alpha value is -2.43. The molecule has 0 N–H and O–H groups in total. The molecule has 5 nitrogen and oxygen atoms in total. The van der Waals surface area contributed by atoms with E-state index in [1.807, 2.05) is 37.4 Å². The topological polar surface area (TPSA) is 61.3 Å². The maximum atomic E-state index is 11.9. The van der Waals surface area contributed by atoms with Gasteiger partial charge in [-0.25, -0.2) is 0 Å². The van der Waals surface area contributed by atoms with Gasteiger partial charge in [0.2, 0.25) is 0 Å². The zero-order valence-corrected chi connectivity index (χ0v) is 17.3. The molecule has 2 aromatic rings. The largest absolute Gasteiger partial charge is 0.492 e. The van der Waals surface area contributed by atoms with E-state index in [0.717, 1.165) is 41.6 Å². The molecular weight excluding hydrogens is 364 g/mol. The Morgan fingerprint density at radius 3 is 2.79 bits per heavy atom. The lowest BCUT2D eigenvalue weighted by Gasteiger charge is -2.26. The molecular formula is C24H30N2O3. The molecule has 29 heavy (non-hydrogen) atoms. The predicted octanol–water partition coefficient (Wildman–Crippen LogP) is 5.02. The predicted molar refractivity (Wildman–Crippen MR) is 112 cm³/mol. The zero-order valence-electron chi connectivity index (χ0n) is 17.3. The Bertz CT molecular complexity index is 846. The molecule has 5 heteroatoms. The quantitative estimate of drug-likeness (QED) is 0.618. The van der Waals surface area contributed by atoms with Gasteiger partial charge in [0, 0.05) is 23.4 Å². The van der Waals surface area contributed by atoms with Crippen LogP contribution in [0.5, 0.6) is 5.75 Å². The summed E-state index contributed by atoms with van der Waals surface area (Å²) in [6.45, 7) is 5.36. The van der Waals surface area contributed by atoms with Crippen molar-refractivity contribution in [3.63, 3.8) is 0 Å². The summed E-state index contributed by atoms with van der Waals surface area (Å²) in [5.74, 6) is 2.29. The van der Waals surface area contributed by atoms with Crippen LogP contribution in [-0.2, 0) is 9.53 Å². The summed E-state index contributed by atoms with van der Waals surface area (Å²) in [5.41, 5.74) is 2.75. The fourth-order valence-electron chi connectivity index (χ4n) is 4.20.